The number of carbonyl (C=O) groups excluding carboxylic acids is 2. The molecular weight excluding hydrogens is 482 g/mol. The maximum atomic E-state index is 12.2. The predicted molar refractivity (Wildman–Crippen MR) is 140 cm³/mol. The molecule has 0 aliphatic rings. The van der Waals surface area contributed by atoms with Crippen molar-refractivity contribution in [3.8, 4) is 17.2 Å². The second-order valence-electron chi connectivity index (χ2n) is 7.69. The van der Waals surface area contributed by atoms with Crippen molar-refractivity contribution < 1.29 is 23.8 Å². The number of hydrogen-bond donors (Lipinski definition) is 2. The van der Waals surface area contributed by atoms with Gasteiger partial charge in [0.1, 0.15) is 12.4 Å². The lowest BCUT2D eigenvalue weighted by Crippen LogP contribution is -2.32. The highest BCUT2D eigenvalue weighted by Crippen LogP contribution is 2.36. The van der Waals surface area contributed by atoms with Crippen LogP contribution in [0.25, 0.3) is 0 Å². The first-order valence-corrected chi connectivity index (χ1v) is 11.8. The second-order valence-corrected chi connectivity index (χ2v) is 8.10. The molecule has 3 rings (SSSR count). The largest absolute Gasteiger partial charge is 0.494 e. The Morgan fingerprint density at radius 2 is 1.75 bits per heavy atom. The van der Waals surface area contributed by atoms with Gasteiger partial charge in [-0.3, -0.25) is 9.59 Å². The van der Waals surface area contributed by atoms with Gasteiger partial charge in [0, 0.05) is 5.69 Å². The molecule has 0 aliphatic carbocycles. The van der Waals surface area contributed by atoms with E-state index in [9.17, 15) is 9.59 Å². The molecule has 36 heavy (non-hydrogen) atoms. The van der Waals surface area contributed by atoms with Gasteiger partial charge in [0.25, 0.3) is 0 Å². The third-order valence-electron chi connectivity index (χ3n) is 4.94. The molecule has 9 heteroatoms. The minimum atomic E-state index is -0.921. The van der Waals surface area contributed by atoms with Gasteiger partial charge in [-0.05, 0) is 53.9 Å². The second kappa shape index (κ2) is 13.7. The number of methoxy groups -OCH3 is 1. The topological polar surface area (TPSA) is 98.2 Å². The highest BCUT2D eigenvalue weighted by Gasteiger charge is 2.14. The minimum Gasteiger partial charge on any atom is -0.494 e. The van der Waals surface area contributed by atoms with E-state index in [2.05, 4.69) is 22.8 Å². The minimum absolute atomic E-state index is 0.318. The monoisotopic (exact) mass is 509 g/mol. The lowest BCUT2D eigenvalue weighted by atomic mass is 10.2. The first-order chi connectivity index (χ1) is 17.5. The molecule has 2 amide bonds. The summed E-state index contributed by atoms with van der Waals surface area (Å²) in [6, 6.07) is 19.7. The van der Waals surface area contributed by atoms with Gasteiger partial charge in [-0.2, -0.15) is 5.10 Å². The highest BCUT2D eigenvalue weighted by atomic mass is 35.5. The van der Waals surface area contributed by atoms with Crippen molar-refractivity contribution in [1.82, 2.24) is 5.43 Å². The van der Waals surface area contributed by atoms with E-state index < -0.39 is 11.8 Å². The van der Waals surface area contributed by atoms with E-state index in [1.54, 1.807) is 36.4 Å². The summed E-state index contributed by atoms with van der Waals surface area (Å²) in [5, 5.41) is 6.67. The maximum Gasteiger partial charge on any atom is 0.329 e. The number of rotatable bonds is 11. The zero-order valence-electron chi connectivity index (χ0n) is 20.1. The van der Waals surface area contributed by atoms with E-state index in [1.807, 2.05) is 30.3 Å². The van der Waals surface area contributed by atoms with Gasteiger partial charge < -0.3 is 19.5 Å². The zero-order chi connectivity index (χ0) is 25.8. The Bertz CT molecular complexity index is 1180. The molecule has 0 aliphatic heterocycles. The molecule has 0 aromatic heterocycles. The lowest BCUT2D eigenvalue weighted by Gasteiger charge is -2.13. The Hall–Kier alpha value is -4.04. The number of amides is 2. The summed E-state index contributed by atoms with van der Waals surface area (Å²) < 4.78 is 16.8. The van der Waals surface area contributed by atoms with Crippen LogP contribution in [0.15, 0.2) is 71.8 Å². The third-order valence-corrected chi connectivity index (χ3v) is 5.22. The number of anilines is 1. The molecule has 3 aromatic carbocycles. The Labute approximate surface area is 215 Å². The number of unbranched alkanes of at least 4 members (excludes halogenated alkanes) is 1. The van der Waals surface area contributed by atoms with Crippen molar-refractivity contribution in [1.29, 1.82) is 0 Å². The van der Waals surface area contributed by atoms with E-state index in [-0.39, 0.29) is 0 Å². The number of carbonyl (C=O) groups is 2. The van der Waals surface area contributed by atoms with Crippen LogP contribution in [0.4, 0.5) is 5.69 Å². The first-order valence-electron chi connectivity index (χ1n) is 11.4. The molecule has 3 aromatic rings. The number of nitrogens with zero attached hydrogens (tertiary/aromatic N) is 1. The van der Waals surface area contributed by atoms with Crippen LogP contribution in [0.3, 0.4) is 0 Å². The SMILES string of the molecule is CCCCOc1ccc(NC(=O)C(=O)N/N=C\c2cc(Cl)c(OCc3ccccc3)c(OC)c2)cc1. The van der Waals surface area contributed by atoms with Gasteiger partial charge in [-0.15, -0.1) is 0 Å². The fourth-order valence-electron chi connectivity index (χ4n) is 3.06. The van der Waals surface area contributed by atoms with Gasteiger partial charge in [0.2, 0.25) is 0 Å². The molecule has 0 saturated heterocycles. The summed E-state index contributed by atoms with van der Waals surface area (Å²) in [6.07, 6.45) is 3.36. The molecule has 188 valence electrons. The smallest absolute Gasteiger partial charge is 0.329 e. The fourth-order valence-corrected chi connectivity index (χ4v) is 3.33. The molecule has 0 bridgehead atoms. The van der Waals surface area contributed by atoms with Crippen molar-refractivity contribution >= 4 is 35.3 Å². The third kappa shape index (κ3) is 8.02. The van der Waals surface area contributed by atoms with Gasteiger partial charge in [-0.25, -0.2) is 5.43 Å². The van der Waals surface area contributed by atoms with Gasteiger partial charge in [-0.1, -0.05) is 55.3 Å². The van der Waals surface area contributed by atoms with Gasteiger partial charge in [0.15, 0.2) is 11.5 Å². The molecule has 0 spiro atoms. The average molecular weight is 510 g/mol. The summed E-state index contributed by atoms with van der Waals surface area (Å²) in [5.74, 6) is -0.278. The molecule has 0 radical (unpaired) electrons. The Balaban J connectivity index is 1.54. The van der Waals surface area contributed by atoms with Gasteiger partial charge >= 0.3 is 11.8 Å². The van der Waals surface area contributed by atoms with Crippen molar-refractivity contribution in [2.24, 2.45) is 5.10 Å². The Morgan fingerprint density at radius 3 is 2.44 bits per heavy atom. The van der Waals surface area contributed by atoms with Gasteiger partial charge in [0.05, 0.1) is 25.0 Å². The highest BCUT2D eigenvalue weighted by molar-refractivity contribution is 6.39. The van der Waals surface area contributed by atoms with Crippen molar-refractivity contribution in [3.63, 3.8) is 0 Å². The van der Waals surface area contributed by atoms with E-state index in [0.717, 1.165) is 18.4 Å². The van der Waals surface area contributed by atoms with E-state index in [1.165, 1.54) is 13.3 Å². The number of ether oxygens (including phenoxy) is 3. The van der Waals surface area contributed by atoms with Crippen LogP contribution in [0, 0.1) is 0 Å². The molecule has 0 saturated carbocycles. The molecule has 0 atom stereocenters. The van der Waals surface area contributed by atoms with E-state index >= 15 is 0 Å². The number of nitrogens with one attached hydrogen (secondary N) is 2. The van der Waals surface area contributed by atoms with Crippen LogP contribution in [0.2, 0.25) is 5.02 Å². The number of hydrazone groups is 1. The molecular formula is C27H28ClN3O5. The van der Waals surface area contributed by atoms with Crippen molar-refractivity contribution in [2.45, 2.75) is 26.4 Å². The predicted octanol–water partition coefficient (Wildman–Crippen LogP) is 5.20. The van der Waals surface area contributed by atoms with Crippen LogP contribution in [-0.4, -0.2) is 31.7 Å². The first kappa shape index (κ1) is 26.6. The molecule has 8 nitrogen and oxygen atoms in total. The summed E-state index contributed by atoms with van der Waals surface area (Å²) in [5.41, 5.74) is 4.19. The Morgan fingerprint density at radius 1 is 1.00 bits per heavy atom. The average Bonchev–Trinajstić information content (AvgIpc) is 2.89. The van der Waals surface area contributed by atoms with Crippen LogP contribution in [0.1, 0.15) is 30.9 Å². The molecule has 0 fully saturated rings. The molecule has 0 heterocycles. The summed E-state index contributed by atoms with van der Waals surface area (Å²) in [4.78, 5) is 24.3. The molecule has 2 N–H and O–H groups in total. The number of halogens is 1. The normalized spacial score (nSPS) is 10.6. The van der Waals surface area contributed by atoms with E-state index in [0.29, 0.717) is 46.7 Å². The lowest BCUT2D eigenvalue weighted by molar-refractivity contribution is -0.136. The summed E-state index contributed by atoms with van der Waals surface area (Å²) >= 11 is 6.38. The van der Waals surface area contributed by atoms with Crippen LogP contribution in [0.5, 0.6) is 17.2 Å². The van der Waals surface area contributed by atoms with Crippen LogP contribution in [-0.2, 0) is 16.2 Å². The summed E-state index contributed by atoms with van der Waals surface area (Å²) in [7, 11) is 1.50. The van der Waals surface area contributed by atoms with Crippen molar-refractivity contribution in [2.75, 3.05) is 19.0 Å². The van der Waals surface area contributed by atoms with Crippen LogP contribution < -0.4 is 25.0 Å². The number of benzene rings is 3. The maximum absolute atomic E-state index is 12.2. The standard InChI is InChI=1S/C27H28ClN3O5/c1-3-4-14-35-22-12-10-21(11-13-22)30-26(32)27(33)31-29-17-20-15-23(28)25(24(16-20)34-2)36-18-19-8-6-5-7-9-19/h5-13,15-17H,3-4,14,18H2,1-2H3,(H,30,32)(H,31,33)/b29-17-. The zero-order valence-corrected chi connectivity index (χ0v) is 20.9. The van der Waals surface area contributed by atoms with Crippen molar-refractivity contribution in [3.05, 3.63) is 82.9 Å². The van der Waals surface area contributed by atoms with Crippen LogP contribution >= 0.6 is 11.6 Å². The summed E-state index contributed by atoms with van der Waals surface area (Å²) in [6.45, 7) is 3.04. The van der Waals surface area contributed by atoms with E-state index in [4.69, 9.17) is 25.8 Å². The number of hydrogen-bond acceptors (Lipinski definition) is 6. The fraction of sp³-hybridized carbons (Fsp3) is 0.222. The Kier molecular flexibility index (Phi) is 10.1. The molecule has 0 unspecified atom stereocenters. The quantitative estimate of drug-likeness (QED) is 0.160.